The molecule has 0 radical (unpaired) electrons. The van der Waals surface area contributed by atoms with E-state index in [0.717, 1.165) is 64.6 Å². The smallest absolute Gasteiger partial charge is 0.190 e. The maximum absolute atomic E-state index is 6.15. The second-order valence-electron chi connectivity index (χ2n) is 6.63. The molecule has 1 unspecified atom stereocenters. The maximum atomic E-state index is 6.15. The largest absolute Gasteiger partial charge is 0.382 e. The standard InChI is InChI=1S/C21H35N3O2.HI/c1-3-25-16-7-6-14-23-21(22-2)24-15-9-17-26-20-13-8-11-18-10-4-5-12-19(18)20;/h4-5,10,12,20H,3,6-9,11,13-17H2,1-2H3,(H2,22,23,24);1H. The maximum Gasteiger partial charge on any atom is 0.190 e. The Hall–Kier alpha value is -0.860. The van der Waals surface area contributed by atoms with Crippen molar-refractivity contribution in [1.29, 1.82) is 0 Å². The predicted octanol–water partition coefficient (Wildman–Crippen LogP) is 4.07. The van der Waals surface area contributed by atoms with Crippen LogP contribution in [0, 0.1) is 0 Å². The molecule has 1 aromatic carbocycles. The van der Waals surface area contributed by atoms with Gasteiger partial charge in [0.05, 0.1) is 6.10 Å². The number of fused-ring (bicyclic) bond motifs is 1. The molecule has 1 aliphatic carbocycles. The molecule has 0 amide bonds. The topological polar surface area (TPSA) is 54.9 Å². The first-order valence-corrected chi connectivity index (χ1v) is 10.1. The number of unbranched alkanes of at least 4 members (excludes halogenated alkanes) is 1. The van der Waals surface area contributed by atoms with Crippen LogP contribution in [0.3, 0.4) is 0 Å². The SMILES string of the molecule is CCOCCCCNC(=NC)NCCCOC1CCCc2ccccc21.I. The van der Waals surface area contributed by atoms with Crippen LogP contribution in [0.2, 0.25) is 0 Å². The molecule has 1 aliphatic rings. The van der Waals surface area contributed by atoms with E-state index in [4.69, 9.17) is 9.47 Å². The molecule has 0 aliphatic heterocycles. The van der Waals surface area contributed by atoms with Crippen LogP contribution in [0.1, 0.15) is 56.3 Å². The van der Waals surface area contributed by atoms with Gasteiger partial charge >= 0.3 is 0 Å². The van der Waals surface area contributed by atoms with E-state index in [1.165, 1.54) is 24.0 Å². The number of guanidine groups is 1. The summed E-state index contributed by atoms with van der Waals surface area (Å²) >= 11 is 0. The number of rotatable bonds is 11. The van der Waals surface area contributed by atoms with Gasteiger partial charge in [0.15, 0.2) is 5.96 Å². The van der Waals surface area contributed by atoms with Gasteiger partial charge in [-0.05, 0) is 56.6 Å². The van der Waals surface area contributed by atoms with Crippen molar-refractivity contribution in [3.8, 4) is 0 Å². The first kappa shape index (κ1) is 24.2. The summed E-state index contributed by atoms with van der Waals surface area (Å²) in [6, 6.07) is 8.69. The van der Waals surface area contributed by atoms with Gasteiger partial charge in [0.2, 0.25) is 0 Å². The Morgan fingerprint density at radius 2 is 1.89 bits per heavy atom. The lowest BCUT2D eigenvalue weighted by Gasteiger charge is -2.25. The number of benzene rings is 1. The number of halogens is 1. The molecule has 154 valence electrons. The van der Waals surface area contributed by atoms with Crippen molar-refractivity contribution in [3.63, 3.8) is 0 Å². The van der Waals surface area contributed by atoms with Crippen molar-refractivity contribution in [2.24, 2.45) is 4.99 Å². The molecule has 5 nitrogen and oxygen atoms in total. The highest BCUT2D eigenvalue weighted by molar-refractivity contribution is 14.0. The minimum Gasteiger partial charge on any atom is -0.382 e. The van der Waals surface area contributed by atoms with E-state index < -0.39 is 0 Å². The highest BCUT2D eigenvalue weighted by Gasteiger charge is 2.19. The van der Waals surface area contributed by atoms with Crippen LogP contribution < -0.4 is 10.6 Å². The number of aryl methyl sites for hydroxylation is 1. The zero-order valence-corrected chi connectivity index (χ0v) is 19.2. The lowest BCUT2D eigenvalue weighted by atomic mass is 9.89. The van der Waals surface area contributed by atoms with Crippen LogP contribution in [0.5, 0.6) is 0 Å². The number of nitrogens with one attached hydrogen (secondary N) is 2. The average Bonchev–Trinajstić information content (AvgIpc) is 2.68. The van der Waals surface area contributed by atoms with E-state index in [9.17, 15) is 0 Å². The van der Waals surface area contributed by atoms with E-state index in [1.54, 1.807) is 0 Å². The van der Waals surface area contributed by atoms with Crippen molar-refractivity contribution in [1.82, 2.24) is 10.6 Å². The number of hydrogen-bond donors (Lipinski definition) is 2. The summed E-state index contributed by atoms with van der Waals surface area (Å²) in [5.74, 6) is 0.865. The van der Waals surface area contributed by atoms with E-state index in [2.05, 4.69) is 39.9 Å². The van der Waals surface area contributed by atoms with E-state index in [1.807, 2.05) is 14.0 Å². The molecule has 0 spiro atoms. The molecule has 1 atom stereocenters. The second-order valence-corrected chi connectivity index (χ2v) is 6.63. The molecule has 2 rings (SSSR count). The van der Waals surface area contributed by atoms with Gasteiger partial charge in [0.1, 0.15) is 0 Å². The third kappa shape index (κ3) is 9.25. The summed E-state index contributed by atoms with van der Waals surface area (Å²) in [7, 11) is 1.81. The Bertz CT molecular complexity index is 540. The van der Waals surface area contributed by atoms with Crippen LogP contribution in [-0.4, -0.2) is 45.9 Å². The van der Waals surface area contributed by atoms with Gasteiger partial charge < -0.3 is 20.1 Å². The molecule has 0 saturated carbocycles. The van der Waals surface area contributed by atoms with Gasteiger partial charge in [0.25, 0.3) is 0 Å². The van der Waals surface area contributed by atoms with Crippen LogP contribution in [0.4, 0.5) is 0 Å². The third-order valence-electron chi connectivity index (χ3n) is 4.68. The molecule has 0 aromatic heterocycles. The highest BCUT2D eigenvalue weighted by atomic mass is 127. The average molecular weight is 489 g/mol. The highest BCUT2D eigenvalue weighted by Crippen LogP contribution is 2.32. The number of ether oxygens (including phenoxy) is 2. The van der Waals surface area contributed by atoms with Crippen LogP contribution in [0.15, 0.2) is 29.3 Å². The first-order valence-electron chi connectivity index (χ1n) is 10.1. The Morgan fingerprint density at radius 1 is 1.11 bits per heavy atom. The van der Waals surface area contributed by atoms with Gasteiger partial charge in [0, 0.05) is 40.0 Å². The Labute approximate surface area is 181 Å². The minimum absolute atomic E-state index is 0. The van der Waals surface area contributed by atoms with E-state index in [-0.39, 0.29) is 30.1 Å². The zero-order valence-electron chi connectivity index (χ0n) is 16.8. The minimum atomic E-state index is 0. The van der Waals surface area contributed by atoms with Gasteiger partial charge in [-0.15, -0.1) is 24.0 Å². The number of aliphatic imine (C=N–C) groups is 1. The second kappa shape index (κ2) is 15.1. The van der Waals surface area contributed by atoms with Gasteiger partial charge in [-0.2, -0.15) is 0 Å². The Morgan fingerprint density at radius 3 is 2.67 bits per heavy atom. The van der Waals surface area contributed by atoms with Crippen molar-refractivity contribution < 1.29 is 9.47 Å². The third-order valence-corrected chi connectivity index (χ3v) is 4.68. The van der Waals surface area contributed by atoms with Crippen molar-refractivity contribution >= 4 is 29.9 Å². The molecule has 2 N–H and O–H groups in total. The predicted molar refractivity (Wildman–Crippen MR) is 123 cm³/mol. The van der Waals surface area contributed by atoms with Crippen molar-refractivity contribution in [3.05, 3.63) is 35.4 Å². The van der Waals surface area contributed by atoms with Gasteiger partial charge in [-0.3, -0.25) is 4.99 Å². The van der Waals surface area contributed by atoms with E-state index in [0.29, 0.717) is 0 Å². The van der Waals surface area contributed by atoms with Crippen LogP contribution in [-0.2, 0) is 15.9 Å². The van der Waals surface area contributed by atoms with Crippen LogP contribution in [0.25, 0.3) is 0 Å². The fourth-order valence-electron chi connectivity index (χ4n) is 3.29. The number of hydrogen-bond acceptors (Lipinski definition) is 3. The summed E-state index contributed by atoms with van der Waals surface area (Å²) in [6.07, 6.45) is 6.95. The summed E-state index contributed by atoms with van der Waals surface area (Å²) in [4.78, 5) is 4.26. The molecular weight excluding hydrogens is 453 g/mol. The molecule has 0 fully saturated rings. The normalized spacial score (nSPS) is 16.4. The molecule has 0 heterocycles. The van der Waals surface area contributed by atoms with Gasteiger partial charge in [-0.25, -0.2) is 0 Å². The number of nitrogens with zero attached hydrogens (tertiary/aromatic N) is 1. The fraction of sp³-hybridized carbons (Fsp3) is 0.667. The summed E-state index contributed by atoms with van der Waals surface area (Å²) < 4.78 is 11.5. The Kier molecular flexibility index (Phi) is 13.5. The molecule has 0 bridgehead atoms. The fourth-order valence-corrected chi connectivity index (χ4v) is 3.29. The zero-order chi connectivity index (χ0) is 18.5. The Balaban J connectivity index is 0.00000364. The van der Waals surface area contributed by atoms with E-state index >= 15 is 0 Å². The molecule has 1 aromatic rings. The summed E-state index contributed by atoms with van der Waals surface area (Å²) in [5.41, 5.74) is 2.84. The van der Waals surface area contributed by atoms with Crippen molar-refractivity contribution in [2.45, 2.75) is 51.6 Å². The lowest BCUT2D eigenvalue weighted by molar-refractivity contribution is 0.0398. The molecule has 27 heavy (non-hydrogen) atoms. The summed E-state index contributed by atoms with van der Waals surface area (Å²) in [5, 5.41) is 6.70. The molecule has 0 saturated heterocycles. The lowest BCUT2D eigenvalue weighted by Crippen LogP contribution is -2.38. The van der Waals surface area contributed by atoms with Crippen LogP contribution >= 0.6 is 24.0 Å². The monoisotopic (exact) mass is 489 g/mol. The van der Waals surface area contributed by atoms with Crippen molar-refractivity contribution in [2.75, 3.05) is 40.0 Å². The summed E-state index contributed by atoms with van der Waals surface area (Å²) in [6.45, 7) is 6.23. The first-order chi connectivity index (χ1) is 12.8. The molecular formula is C21H36IN3O2. The molecule has 6 heteroatoms. The van der Waals surface area contributed by atoms with Gasteiger partial charge in [-0.1, -0.05) is 24.3 Å². The quantitative estimate of drug-likeness (QED) is 0.213.